The molecule has 1 aliphatic heterocycles. The Morgan fingerprint density at radius 2 is 2.00 bits per heavy atom. The lowest BCUT2D eigenvalue weighted by Gasteiger charge is -2.23. The zero-order valence-electron chi connectivity index (χ0n) is 8.81. The van der Waals surface area contributed by atoms with Crippen LogP contribution < -0.4 is 5.32 Å². The van der Waals surface area contributed by atoms with Crippen molar-refractivity contribution in [2.45, 2.75) is 26.2 Å². The van der Waals surface area contributed by atoms with E-state index >= 15 is 0 Å². The Morgan fingerprint density at radius 3 is 2.64 bits per heavy atom. The average molecular weight is 194 g/mol. The smallest absolute Gasteiger partial charge is 0.217 e. The van der Waals surface area contributed by atoms with Crippen LogP contribution >= 0.6 is 0 Å². The van der Waals surface area contributed by atoms with E-state index in [2.05, 4.69) is 22.1 Å². The molecule has 0 spiro atoms. The lowest BCUT2D eigenvalue weighted by Crippen LogP contribution is -2.30. The Bertz CT molecular complexity index is 233. The maximum absolute atomic E-state index is 10.5. The summed E-state index contributed by atoms with van der Waals surface area (Å²) in [5.74, 6) is 6.00. The molecular weight excluding hydrogens is 176 g/mol. The van der Waals surface area contributed by atoms with Crippen LogP contribution in [0.25, 0.3) is 0 Å². The summed E-state index contributed by atoms with van der Waals surface area (Å²) < 4.78 is 0. The van der Waals surface area contributed by atoms with E-state index in [1.807, 2.05) is 0 Å². The zero-order valence-corrected chi connectivity index (χ0v) is 8.81. The molecule has 1 rings (SSSR count). The van der Waals surface area contributed by atoms with Gasteiger partial charge in [0.1, 0.15) is 0 Å². The Kier molecular flexibility index (Phi) is 5.09. The van der Waals surface area contributed by atoms with Gasteiger partial charge in [-0.3, -0.25) is 9.69 Å². The van der Waals surface area contributed by atoms with Crippen molar-refractivity contribution in [1.29, 1.82) is 0 Å². The van der Waals surface area contributed by atoms with E-state index in [1.165, 1.54) is 39.3 Å². The van der Waals surface area contributed by atoms with Crippen LogP contribution in [0.2, 0.25) is 0 Å². The van der Waals surface area contributed by atoms with Crippen molar-refractivity contribution in [2.24, 2.45) is 0 Å². The van der Waals surface area contributed by atoms with Crippen molar-refractivity contribution in [3.8, 4) is 11.8 Å². The minimum Gasteiger partial charge on any atom is -0.345 e. The Labute approximate surface area is 85.9 Å². The number of hydrogen-bond acceptors (Lipinski definition) is 2. The number of amides is 1. The highest BCUT2D eigenvalue weighted by Gasteiger charge is 2.07. The van der Waals surface area contributed by atoms with Crippen LogP contribution in [0.3, 0.4) is 0 Å². The summed E-state index contributed by atoms with van der Waals surface area (Å²) in [5, 5.41) is 2.65. The summed E-state index contributed by atoms with van der Waals surface area (Å²) >= 11 is 0. The molecule has 1 saturated heterocycles. The van der Waals surface area contributed by atoms with Gasteiger partial charge in [0.25, 0.3) is 0 Å². The number of rotatable bonds is 2. The van der Waals surface area contributed by atoms with E-state index in [-0.39, 0.29) is 5.91 Å². The molecule has 1 aliphatic rings. The first kappa shape index (κ1) is 11.1. The third-order valence-corrected chi connectivity index (χ3v) is 2.30. The minimum atomic E-state index is -0.0164. The van der Waals surface area contributed by atoms with Crippen molar-refractivity contribution in [2.75, 3.05) is 26.2 Å². The molecule has 3 heteroatoms. The van der Waals surface area contributed by atoms with Gasteiger partial charge in [-0.2, -0.15) is 0 Å². The first-order valence-corrected chi connectivity index (χ1v) is 5.21. The van der Waals surface area contributed by atoms with Crippen molar-refractivity contribution in [1.82, 2.24) is 10.2 Å². The molecule has 0 bridgehead atoms. The van der Waals surface area contributed by atoms with Crippen LogP contribution in [0.5, 0.6) is 0 Å². The lowest BCUT2D eigenvalue weighted by molar-refractivity contribution is -0.118. The summed E-state index contributed by atoms with van der Waals surface area (Å²) in [6.07, 6.45) is 3.95. The van der Waals surface area contributed by atoms with Gasteiger partial charge in [-0.25, -0.2) is 0 Å². The lowest BCUT2D eigenvalue weighted by atomic mass is 10.1. The first-order valence-electron chi connectivity index (χ1n) is 5.21. The molecule has 0 aliphatic carbocycles. The normalized spacial score (nSPS) is 16.9. The average Bonchev–Trinajstić information content (AvgIpc) is 2.18. The quantitative estimate of drug-likeness (QED) is 0.653. The fourth-order valence-electron chi connectivity index (χ4n) is 1.52. The van der Waals surface area contributed by atoms with Crippen molar-refractivity contribution >= 4 is 5.91 Å². The molecular formula is C11H18N2O. The molecule has 1 fully saturated rings. The predicted molar refractivity (Wildman–Crippen MR) is 56.8 cm³/mol. The molecule has 14 heavy (non-hydrogen) atoms. The highest BCUT2D eigenvalue weighted by molar-refractivity contribution is 5.73. The molecule has 3 nitrogen and oxygen atoms in total. The van der Waals surface area contributed by atoms with Crippen LogP contribution in [0.4, 0.5) is 0 Å². The Balaban J connectivity index is 2.08. The number of carbonyl (C=O) groups excluding carboxylic acids is 1. The second-order valence-electron chi connectivity index (χ2n) is 3.60. The molecule has 1 heterocycles. The first-order chi connectivity index (χ1) is 6.79. The zero-order chi connectivity index (χ0) is 10.2. The van der Waals surface area contributed by atoms with Gasteiger partial charge in [-0.15, -0.1) is 0 Å². The van der Waals surface area contributed by atoms with Gasteiger partial charge in [0.2, 0.25) is 5.91 Å². The Morgan fingerprint density at radius 1 is 1.29 bits per heavy atom. The maximum atomic E-state index is 10.5. The fourth-order valence-corrected chi connectivity index (χ4v) is 1.52. The monoisotopic (exact) mass is 194 g/mol. The van der Waals surface area contributed by atoms with Gasteiger partial charge < -0.3 is 5.32 Å². The number of nitrogens with zero attached hydrogens (tertiary/aromatic N) is 1. The van der Waals surface area contributed by atoms with Crippen molar-refractivity contribution < 1.29 is 4.79 Å². The Hall–Kier alpha value is -1.01. The third-order valence-electron chi connectivity index (χ3n) is 2.30. The number of likely N-dealkylation sites (tertiary alicyclic amines) is 1. The highest BCUT2D eigenvalue weighted by atomic mass is 16.1. The second kappa shape index (κ2) is 6.44. The molecule has 0 aromatic carbocycles. The summed E-state index contributed by atoms with van der Waals surface area (Å²) in [7, 11) is 0. The fraction of sp³-hybridized carbons (Fsp3) is 0.727. The van der Waals surface area contributed by atoms with Gasteiger partial charge in [0.05, 0.1) is 13.1 Å². The number of nitrogens with one attached hydrogen (secondary N) is 1. The molecule has 0 unspecified atom stereocenters. The molecule has 0 aromatic heterocycles. The van der Waals surface area contributed by atoms with Gasteiger partial charge in [-0.1, -0.05) is 18.3 Å². The molecule has 0 radical (unpaired) electrons. The molecule has 0 aromatic rings. The summed E-state index contributed by atoms with van der Waals surface area (Å²) in [6, 6.07) is 0. The van der Waals surface area contributed by atoms with Crippen molar-refractivity contribution in [3.05, 3.63) is 0 Å². The topological polar surface area (TPSA) is 32.3 Å². The molecule has 0 saturated carbocycles. The van der Waals surface area contributed by atoms with Crippen LogP contribution in [-0.2, 0) is 4.79 Å². The predicted octanol–water partition coefficient (Wildman–Crippen LogP) is 0.612. The standard InChI is InChI=1S/C11H18N2O/c1-11(14)12-7-3-6-10-13-8-4-2-5-9-13/h2,4-5,7-10H2,1H3,(H,12,14). The van der Waals surface area contributed by atoms with Gasteiger partial charge in [0, 0.05) is 6.92 Å². The molecule has 1 amide bonds. The number of carbonyl (C=O) groups is 1. The van der Waals surface area contributed by atoms with E-state index < -0.39 is 0 Å². The van der Waals surface area contributed by atoms with E-state index in [4.69, 9.17) is 0 Å². The minimum absolute atomic E-state index is 0.0164. The summed E-state index contributed by atoms with van der Waals surface area (Å²) in [6.45, 7) is 5.18. The van der Waals surface area contributed by atoms with Gasteiger partial charge >= 0.3 is 0 Å². The maximum Gasteiger partial charge on any atom is 0.217 e. The van der Waals surface area contributed by atoms with Gasteiger partial charge in [0.15, 0.2) is 0 Å². The van der Waals surface area contributed by atoms with E-state index in [1.54, 1.807) is 0 Å². The van der Waals surface area contributed by atoms with Crippen LogP contribution in [-0.4, -0.2) is 37.0 Å². The van der Waals surface area contributed by atoms with E-state index in [0.717, 1.165) is 6.54 Å². The molecule has 0 atom stereocenters. The van der Waals surface area contributed by atoms with Crippen molar-refractivity contribution in [3.63, 3.8) is 0 Å². The summed E-state index contributed by atoms with van der Waals surface area (Å²) in [5.41, 5.74) is 0. The second-order valence-corrected chi connectivity index (χ2v) is 3.60. The van der Waals surface area contributed by atoms with E-state index in [9.17, 15) is 4.79 Å². The highest BCUT2D eigenvalue weighted by Crippen LogP contribution is 2.06. The van der Waals surface area contributed by atoms with Crippen LogP contribution in [0.1, 0.15) is 26.2 Å². The van der Waals surface area contributed by atoms with Crippen LogP contribution in [0, 0.1) is 11.8 Å². The number of hydrogen-bond donors (Lipinski definition) is 1. The van der Waals surface area contributed by atoms with Gasteiger partial charge in [-0.05, 0) is 25.9 Å². The molecule has 1 N–H and O–H groups in total. The molecule has 78 valence electrons. The van der Waals surface area contributed by atoms with Crippen LogP contribution in [0.15, 0.2) is 0 Å². The largest absolute Gasteiger partial charge is 0.345 e. The number of piperidine rings is 1. The van der Waals surface area contributed by atoms with E-state index in [0.29, 0.717) is 6.54 Å². The third kappa shape index (κ3) is 4.88. The SMILES string of the molecule is CC(=O)NCC#CCN1CCCCC1. The summed E-state index contributed by atoms with van der Waals surface area (Å²) in [4.78, 5) is 12.9.